The Morgan fingerprint density at radius 1 is 1.40 bits per heavy atom. The molecule has 0 saturated heterocycles. The number of halogens is 1. The number of hydrogen-bond acceptors (Lipinski definition) is 2. The highest BCUT2D eigenvalue weighted by atomic mass is 35.5. The predicted octanol–water partition coefficient (Wildman–Crippen LogP) is 2.95. The Morgan fingerprint density at radius 3 is 2.70 bits per heavy atom. The van der Waals surface area contributed by atoms with Gasteiger partial charge in [-0.05, 0) is 36.5 Å². The maximum absolute atomic E-state index is 10.9. The van der Waals surface area contributed by atoms with Gasteiger partial charge in [0.05, 0.1) is 6.04 Å². The summed E-state index contributed by atoms with van der Waals surface area (Å²) in [6.45, 7) is 2.38. The lowest BCUT2D eigenvalue weighted by atomic mass is 9.98. The molecular formula is C16H19ClN2O. The molecule has 3 nitrogen and oxygen atoms in total. The molecule has 0 aromatic heterocycles. The van der Waals surface area contributed by atoms with Crippen molar-refractivity contribution in [2.45, 2.75) is 32.4 Å². The van der Waals surface area contributed by atoms with E-state index in [2.05, 4.69) is 29.6 Å². The third-order valence-corrected chi connectivity index (χ3v) is 3.80. The van der Waals surface area contributed by atoms with E-state index in [0.717, 1.165) is 34.6 Å². The molecular weight excluding hydrogens is 272 g/mol. The molecule has 20 heavy (non-hydrogen) atoms. The Bertz CT molecular complexity index is 546. The molecule has 1 aromatic carbocycles. The van der Waals surface area contributed by atoms with Gasteiger partial charge in [-0.15, -0.1) is 0 Å². The minimum absolute atomic E-state index is 0.326. The van der Waals surface area contributed by atoms with Crippen LogP contribution in [0.4, 0.5) is 0 Å². The van der Waals surface area contributed by atoms with Crippen LogP contribution in [0.1, 0.15) is 30.9 Å². The number of carbonyl (C=O) groups excluding carboxylic acids is 1. The first kappa shape index (κ1) is 14.8. The lowest BCUT2D eigenvalue weighted by molar-refractivity contribution is -0.119. The van der Waals surface area contributed by atoms with Gasteiger partial charge in [-0.1, -0.05) is 48.0 Å². The largest absolute Gasteiger partial charge is 0.368 e. The molecule has 1 aliphatic rings. The van der Waals surface area contributed by atoms with Gasteiger partial charge in [0.2, 0.25) is 5.91 Å². The molecule has 0 bridgehead atoms. The van der Waals surface area contributed by atoms with E-state index in [-0.39, 0.29) is 11.9 Å². The molecule has 2 rings (SSSR count). The summed E-state index contributed by atoms with van der Waals surface area (Å²) < 4.78 is 0. The van der Waals surface area contributed by atoms with E-state index in [9.17, 15) is 4.79 Å². The predicted molar refractivity (Wildman–Crippen MR) is 83.1 cm³/mol. The van der Waals surface area contributed by atoms with Gasteiger partial charge in [0.25, 0.3) is 0 Å². The summed E-state index contributed by atoms with van der Waals surface area (Å²) in [5, 5.41) is 4.00. The molecule has 1 unspecified atom stereocenters. The van der Waals surface area contributed by atoms with Crippen LogP contribution in [0.15, 0.2) is 41.4 Å². The van der Waals surface area contributed by atoms with Crippen molar-refractivity contribution in [3.05, 3.63) is 52.6 Å². The number of carbonyl (C=O) groups is 1. The second-order valence-corrected chi connectivity index (χ2v) is 5.42. The zero-order valence-corrected chi connectivity index (χ0v) is 12.3. The highest BCUT2D eigenvalue weighted by Gasteiger charge is 2.09. The summed E-state index contributed by atoms with van der Waals surface area (Å²) in [7, 11) is 0. The number of amides is 1. The lowest BCUT2D eigenvalue weighted by Crippen LogP contribution is -2.38. The van der Waals surface area contributed by atoms with Gasteiger partial charge in [0.1, 0.15) is 0 Å². The molecule has 0 spiro atoms. The van der Waals surface area contributed by atoms with Crippen LogP contribution in [-0.4, -0.2) is 11.9 Å². The van der Waals surface area contributed by atoms with Gasteiger partial charge in [0.15, 0.2) is 0 Å². The maximum atomic E-state index is 10.9. The highest BCUT2D eigenvalue weighted by molar-refractivity contribution is 6.33. The van der Waals surface area contributed by atoms with Gasteiger partial charge in [0, 0.05) is 11.6 Å². The first-order chi connectivity index (χ1) is 9.58. The summed E-state index contributed by atoms with van der Waals surface area (Å²) in [4.78, 5) is 10.9. The fourth-order valence-corrected chi connectivity index (χ4v) is 2.34. The van der Waals surface area contributed by atoms with Crippen molar-refractivity contribution in [1.82, 2.24) is 5.32 Å². The molecule has 0 heterocycles. The number of hydrogen-bond donors (Lipinski definition) is 2. The lowest BCUT2D eigenvalue weighted by Gasteiger charge is -2.13. The average Bonchev–Trinajstić information content (AvgIpc) is 2.46. The Morgan fingerprint density at radius 2 is 2.10 bits per heavy atom. The Hall–Kier alpha value is -1.58. The smallest absolute Gasteiger partial charge is 0.234 e. The van der Waals surface area contributed by atoms with Crippen molar-refractivity contribution in [3.8, 4) is 0 Å². The van der Waals surface area contributed by atoms with Crippen LogP contribution in [-0.2, 0) is 11.3 Å². The van der Waals surface area contributed by atoms with Crippen LogP contribution in [0.3, 0.4) is 0 Å². The van der Waals surface area contributed by atoms with Crippen molar-refractivity contribution in [2.24, 2.45) is 5.73 Å². The number of rotatable bonds is 5. The van der Waals surface area contributed by atoms with Gasteiger partial charge in [-0.25, -0.2) is 0 Å². The van der Waals surface area contributed by atoms with E-state index >= 15 is 0 Å². The van der Waals surface area contributed by atoms with Crippen LogP contribution in [0.5, 0.6) is 0 Å². The summed E-state index contributed by atoms with van der Waals surface area (Å²) in [6.07, 6.45) is 6.14. The Balaban J connectivity index is 2.03. The number of primary amides is 1. The van der Waals surface area contributed by atoms with Crippen LogP contribution in [0.2, 0.25) is 0 Å². The van der Waals surface area contributed by atoms with Gasteiger partial charge in [-0.2, -0.15) is 0 Å². The maximum Gasteiger partial charge on any atom is 0.234 e. The third kappa shape index (κ3) is 3.71. The molecule has 0 radical (unpaired) electrons. The van der Waals surface area contributed by atoms with E-state index in [0.29, 0.717) is 6.54 Å². The van der Waals surface area contributed by atoms with Crippen LogP contribution >= 0.6 is 11.6 Å². The summed E-state index contributed by atoms with van der Waals surface area (Å²) in [5.41, 5.74) is 8.54. The fourth-order valence-electron chi connectivity index (χ4n) is 2.06. The molecule has 1 aromatic rings. The third-order valence-electron chi connectivity index (χ3n) is 3.41. The molecule has 1 amide bonds. The van der Waals surface area contributed by atoms with Gasteiger partial charge >= 0.3 is 0 Å². The first-order valence-corrected chi connectivity index (χ1v) is 7.13. The van der Waals surface area contributed by atoms with Crippen LogP contribution in [0.25, 0.3) is 5.57 Å². The summed E-state index contributed by atoms with van der Waals surface area (Å²) in [6, 6.07) is 7.86. The second kappa shape index (κ2) is 6.73. The summed E-state index contributed by atoms with van der Waals surface area (Å²) in [5.74, 6) is -0.342. The zero-order valence-electron chi connectivity index (χ0n) is 11.5. The molecule has 4 heteroatoms. The quantitative estimate of drug-likeness (QED) is 0.876. The molecule has 0 aliphatic heterocycles. The molecule has 0 fully saturated rings. The van der Waals surface area contributed by atoms with Gasteiger partial charge in [-0.3, -0.25) is 4.79 Å². The molecule has 0 saturated carbocycles. The SMILES string of the molecule is CC(NCc1ccc(C2=C(Cl)CCC=C2)cc1)C(N)=O. The Labute approximate surface area is 124 Å². The normalized spacial score (nSPS) is 16.3. The van der Waals surface area contributed by atoms with E-state index in [4.69, 9.17) is 17.3 Å². The Kier molecular flexibility index (Phi) is 4.99. The minimum Gasteiger partial charge on any atom is -0.368 e. The average molecular weight is 291 g/mol. The van der Waals surface area contributed by atoms with E-state index in [1.165, 1.54) is 0 Å². The number of nitrogens with two attached hydrogens (primary N) is 1. The second-order valence-electron chi connectivity index (χ2n) is 4.96. The number of allylic oxidation sites excluding steroid dienone is 4. The molecule has 3 N–H and O–H groups in total. The fraction of sp³-hybridized carbons (Fsp3) is 0.312. The van der Waals surface area contributed by atoms with Crippen LogP contribution < -0.4 is 11.1 Å². The van der Waals surface area contributed by atoms with Crippen LogP contribution in [0, 0.1) is 0 Å². The molecule has 106 valence electrons. The van der Waals surface area contributed by atoms with E-state index < -0.39 is 0 Å². The van der Waals surface area contributed by atoms with Crippen molar-refractivity contribution in [1.29, 1.82) is 0 Å². The van der Waals surface area contributed by atoms with E-state index in [1.54, 1.807) is 6.92 Å². The first-order valence-electron chi connectivity index (χ1n) is 6.75. The highest BCUT2D eigenvalue weighted by Crippen LogP contribution is 2.29. The van der Waals surface area contributed by atoms with Crippen molar-refractivity contribution < 1.29 is 4.79 Å². The molecule has 1 atom stereocenters. The topological polar surface area (TPSA) is 55.1 Å². The van der Waals surface area contributed by atoms with Crippen molar-refractivity contribution in [3.63, 3.8) is 0 Å². The van der Waals surface area contributed by atoms with Crippen molar-refractivity contribution in [2.75, 3.05) is 0 Å². The monoisotopic (exact) mass is 290 g/mol. The number of nitrogens with one attached hydrogen (secondary N) is 1. The molecule has 1 aliphatic carbocycles. The zero-order chi connectivity index (χ0) is 14.5. The van der Waals surface area contributed by atoms with Crippen molar-refractivity contribution >= 4 is 23.1 Å². The van der Waals surface area contributed by atoms with E-state index in [1.807, 2.05) is 12.1 Å². The standard InChI is InChI=1S/C16H19ClN2O/c1-11(16(18)20)19-10-12-6-8-13(9-7-12)14-4-2-3-5-15(14)17/h2,4,6-9,11,19H,3,5,10H2,1H3,(H2,18,20). The van der Waals surface area contributed by atoms with Gasteiger partial charge < -0.3 is 11.1 Å². The minimum atomic E-state index is -0.342. The number of benzene rings is 1. The summed E-state index contributed by atoms with van der Waals surface area (Å²) >= 11 is 6.26.